The fraction of sp³-hybridized carbons (Fsp3) is 0.763. The van der Waals surface area contributed by atoms with Crippen LogP contribution in [0.25, 0.3) is 11.0 Å². The van der Waals surface area contributed by atoms with E-state index < -0.39 is 67.7 Å². The van der Waals surface area contributed by atoms with Crippen LogP contribution in [-0.4, -0.2) is 299 Å². The molecule has 0 amide bonds. The molecule has 2 aromatic heterocycles. The zero-order valence-electron chi connectivity index (χ0n) is 54.0. The van der Waals surface area contributed by atoms with Gasteiger partial charge >= 0.3 is 13.6 Å². The van der Waals surface area contributed by atoms with E-state index >= 15 is 0 Å². The van der Waals surface area contributed by atoms with Crippen molar-refractivity contribution in [3.63, 3.8) is 0 Å². The highest BCUT2D eigenvalue weighted by Gasteiger charge is 2.48. The smallest absolute Gasteiger partial charge is 0.350 e. The molecular formula is C59H95ClF3N8O24P. The number of aromatic nitrogens is 4. The molecule has 4 atom stereocenters. The molecule has 548 valence electrons. The van der Waals surface area contributed by atoms with Crippen LogP contribution in [0.5, 0.6) is 5.75 Å². The Kier molecular flexibility index (Phi) is 38.9. The molecule has 32 nitrogen and oxygen atoms in total. The number of esters is 1. The zero-order chi connectivity index (χ0) is 68.6. The van der Waals surface area contributed by atoms with Gasteiger partial charge in [-0.15, -0.1) is 0 Å². The summed E-state index contributed by atoms with van der Waals surface area (Å²) >= 11 is 6.38. The number of halogens is 4. The number of nitrogens with zero attached hydrogens (tertiary/aromatic N) is 6. The van der Waals surface area contributed by atoms with Gasteiger partial charge in [0.2, 0.25) is 11.0 Å². The second-order valence-corrected chi connectivity index (χ2v) is 24.1. The first-order valence-electron chi connectivity index (χ1n) is 31.8. The molecule has 2 saturated heterocycles. The van der Waals surface area contributed by atoms with E-state index in [-0.39, 0.29) is 56.3 Å². The fourth-order valence-electron chi connectivity index (χ4n) is 9.91. The summed E-state index contributed by atoms with van der Waals surface area (Å²) in [7, 11) is -4.43. The van der Waals surface area contributed by atoms with Crippen molar-refractivity contribution < 1.29 is 128 Å². The molecule has 1 saturated carbocycles. The van der Waals surface area contributed by atoms with Crippen molar-refractivity contribution in [2.75, 3.05) is 229 Å². The lowest BCUT2D eigenvalue weighted by Gasteiger charge is -2.54. The van der Waals surface area contributed by atoms with Gasteiger partial charge in [-0.2, -0.15) is 15.1 Å². The first-order chi connectivity index (χ1) is 46.5. The Bertz CT molecular complexity index is 2690. The number of hydrazine groups is 1. The normalized spacial score (nSPS) is 18.3. The van der Waals surface area contributed by atoms with Crippen LogP contribution in [0.4, 0.5) is 19.0 Å². The molecule has 37 heteroatoms. The van der Waals surface area contributed by atoms with Gasteiger partial charge in [0.25, 0.3) is 0 Å². The topological polar surface area (TPSA) is 383 Å². The Morgan fingerprint density at radius 2 is 1.10 bits per heavy atom. The maximum atomic E-state index is 13.6. The summed E-state index contributed by atoms with van der Waals surface area (Å²) in [4.78, 5) is 40.9. The SMILES string of the molecule is N/C(=C\N(N)CCOCCOCCOCCOCCOCCOCCOCCOCCOCCOCCC(=O)Oc1c(F)cc(F)cc1F)COCCOCCOCCOCCOC1CCC2(CC1)CN(c1nc(Cl)nc3c1cnn3[C@@H]1O[C@H](COCP(=O)(O)O)[C@@H](O)[C@H]1O)C2. The summed E-state index contributed by atoms with van der Waals surface area (Å²) in [6.45, 7) is 12.4. The molecule has 2 aliphatic heterocycles. The molecule has 1 spiro atoms. The average Bonchev–Trinajstić information content (AvgIpc) is 1.44. The second-order valence-electron chi connectivity index (χ2n) is 22.2. The van der Waals surface area contributed by atoms with Gasteiger partial charge in [-0.3, -0.25) is 9.36 Å². The van der Waals surface area contributed by atoms with Crippen molar-refractivity contribution in [3.8, 4) is 5.75 Å². The number of nitrogens with two attached hydrogens (primary N) is 2. The minimum absolute atomic E-state index is 0.0206. The molecule has 96 heavy (non-hydrogen) atoms. The highest BCUT2D eigenvalue weighted by molar-refractivity contribution is 7.51. The minimum atomic E-state index is -4.43. The summed E-state index contributed by atoms with van der Waals surface area (Å²) in [5.74, 6) is 1.00. The van der Waals surface area contributed by atoms with E-state index in [9.17, 15) is 32.7 Å². The molecule has 3 aliphatic rings. The van der Waals surface area contributed by atoms with E-state index in [1.54, 1.807) is 12.4 Å². The molecule has 8 N–H and O–H groups in total. The molecule has 3 fully saturated rings. The number of carbonyl (C=O) groups is 1. The number of benzene rings is 1. The predicted octanol–water partition coefficient (Wildman–Crippen LogP) is 1.64. The maximum Gasteiger partial charge on any atom is 0.350 e. The van der Waals surface area contributed by atoms with Crippen molar-refractivity contribution in [2.45, 2.75) is 62.7 Å². The standard InChI is InChI=1S/C59H95ClF3N8O24P/c60-58-67-55(47-37-66-71(56(47)68-58)57-53(74)52(73)50(94-57)40-92-43-96(75,76)77)69-41-59(42-69)4-1-46(2-5-59)93-34-33-90-30-29-88-27-28-89-31-32-91-39-45(64)38-70(65)6-8-79-10-12-81-14-16-83-18-20-85-22-24-87-26-25-86-23-21-84-19-17-82-15-13-80-11-9-78-7-3-51(72)95-54-48(62)35-44(61)36-49(54)63/h35-38,46,50,52-53,57,73-74H,1-34,39-43,64-65H2,(H2,75,76,77)/b45-38-/t50-,52-,53-,57-/m1/s1. The molecule has 3 aromatic rings. The number of carbonyl (C=O) groups excluding carboxylic acids is 1. The summed E-state index contributed by atoms with van der Waals surface area (Å²) in [6.07, 6.45) is 0.967. The van der Waals surface area contributed by atoms with Gasteiger partial charge in [0, 0.05) is 36.8 Å². The Hall–Kier alpha value is -4.19. The van der Waals surface area contributed by atoms with E-state index in [0.717, 1.165) is 38.8 Å². The van der Waals surface area contributed by atoms with Gasteiger partial charge in [0.05, 0.1) is 235 Å². The monoisotopic (exact) mass is 1420 g/mol. The Morgan fingerprint density at radius 3 is 1.58 bits per heavy atom. The molecule has 0 unspecified atom stereocenters. The number of fused-ring (bicyclic) bond motifs is 1. The van der Waals surface area contributed by atoms with Gasteiger partial charge in [-0.05, 0) is 37.3 Å². The largest absolute Gasteiger partial charge is 0.420 e. The van der Waals surface area contributed by atoms with Crippen LogP contribution in [0, 0.1) is 22.9 Å². The molecule has 0 bridgehead atoms. The van der Waals surface area contributed by atoms with E-state index in [4.69, 9.17) is 113 Å². The van der Waals surface area contributed by atoms with Gasteiger partial charge in [-0.25, -0.2) is 23.7 Å². The van der Waals surface area contributed by atoms with E-state index in [1.165, 1.54) is 9.69 Å². The van der Waals surface area contributed by atoms with Crippen LogP contribution >= 0.6 is 19.2 Å². The first-order valence-corrected chi connectivity index (χ1v) is 34.0. The molecule has 0 radical (unpaired) electrons. The van der Waals surface area contributed by atoms with Crippen LogP contribution in [0.2, 0.25) is 5.28 Å². The zero-order valence-corrected chi connectivity index (χ0v) is 55.7. The van der Waals surface area contributed by atoms with Crippen LogP contribution in [-0.2, 0) is 89.9 Å². The Balaban J connectivity index is 0.607. The molecule has 6 rings (SSSR count). The number of aliphatic hydroxyl groups excluding tert-OH is 2. The van der Waals surface area contributed by atoms with Crippen LogP contribution in [0.1, 0.15) is 38.3 Å². The third-order valence-corrected chi connectivity index (χ3v) is 15.3. The lowest BCUT2D eigenvalue weighted by molar-refractivity contribution is -0.136. The van der Waals surface area contributed by atoms with Gasteiger partial charge < -0.3 is 121 Å². The third-order valence-electron chi connectivity index (χ3n) is 14.6. The summed E-state index contributed by atoms with van der Waals surface area (Å²) < 4.78 is 151. The number of aliphatic hydroxyl groups is 2. The van der Waals surface area contributed by atoms with Gasteiger partial charge in [0.1, 0.15) is 36.3 Å². The van der Waals surface area contributed by atoms with Crippen LogP contribution < -0.4 is 21.2 Å². The average molecular weight is 1420 g/mol. The molecule has 4 heterocycles. The fourth-order valence-corrected chi connectivity index (χ4v) is 10.4. The van der Waals surface area contributed by atoms with Gasteiger partial charge in [-0.1, -0.05) is 0 Å². The van der Waals surface area contributed by atoms with Crippen LogP contribution in [0.15, 0.2) is 30.2 Å². The lowest BCUT2D eigenvalue weighted by atomic mass is 9.68. The van der Waals surface area contributed by atoms with Crippen molar-refractivity contribution in [1.29, 1.82) is 0 Å². The van der Waals surface area contributed by atoms with E-state index in [2.05, 4.69) is 24.7 Å². The molecular weight excluding hydrogens is 1330 g/mol. The van der Waals surface area contributed by atoms with Gasteiger partial charge in [0.15, 0.2) is 23.5 Å². The maximum absolute atomic E-state index is 13.6. The van der Waals surface area contributed by atoms with E-state index in [0.29, 0.717) is 206 Å². The highest BCUT2D eigenvalue weighted by Crippen LogP contribution is 2.47. The summed E-state index contributed by atoms with van der Waals surface area (Å²) in [5, 5.41) is 27.8. The Labute approximate surface area is 560 Å². The van der Waals surface area contributed by atoms with Crippen molar-refractivity contribution in [2.24, 2.45) is 17.0 Å². The Morgan fingerprint density at radius 1 is 0.656 bits per heavy atom. The second kappa shape index (κ2) is 46.3. The number of ether oxygens (including phenoxy) is 18. The number of anilines is 1. The van der Waals surface area contributed by atoms with Crippen LogP contribution in [0.3, 0.4) is 0 Å². The quantitative estimate of drug-likeness (QED) is 0.00889. The summed E-state index contributed by atoms with van der Waals surface area (Å²) in [5.41, 5.74) is 6.92. The first kappa shape index (κ1) is 80.8. The number of hydrogen-bond donors (Lipinski definition) is 6. The number of hydrogen-bond acceptors (Lipinski definition) is 29. The summed E-state index contributed by atoms with van der Waals surface area (Å²) in [6, 6.07) is 0.839. The van der Waals surface area contributed by atoms with Crippen molar-refractivity contribution in [1.82, 2.24) is 24.8 Å². The predicted molar refractivity (Wildman–Crippen MR) is 333 cm³/mol. The third kappa shape index (κ3) is 31.6. The van der Waals surface area contributed by atoms with Crippen molar-refractivity contribution >= 4 is 42.0 Å². The molecule has 1 aromatic carbocycles. The minimum Gasteiger partial charge on any atom is -0.420 e. The highest BCUT2D eigenvalue weighted by atomic mass is 35.5. The lowest BCUT2D eigenvalue weighted by Crippen LogP contribution is -2.58. The number of rotatable bonds is 56. The van der Waals surface area contributed by atoms with E-state index in [1.807, 2.05) is 0 Å². The van der Waals surface area contributed by atoms with Crippen molar-refractivity contribution in [3.05, 3.63) is 53.0 Å². The molecule has 1 aliphatic carbocycles.